The lowest BCUT2D eigenvalue weighted by molar-refractivity contribution is -0.223. The van der Waals surface area contributed by atoms with E-state index in [-0.39, 0.29) is 22.8 Å². The Bertz CT molecular complexity index is 1230. The minimum absolute atomic E-state index is 0.0433. The molecule has 38 heavy (non-hydrogen) atoms. The molecule has 0 saturated heterocycles. The monoisotopic (exact) mass is 540 g/mol. The van der Waals surface area contributed by atoms with Gasteiger partial charge in [0.2, 0.25) is 5.82 Å². The molecule has 204 valence electrons. The van der Waals surface area contributed by atoms with E-state index in [1.807, 2.05) is 0 Å². The Labute approximate surface area is 216 Å². The molecule has 3 aromatic rings. The van der Waals surface area contributed by atoms with Crippen molar-refractivity contribution in [1.82, 2.24) is 0 Å². The van der Waals surface area contributed by atoms with Crippen LogP contribution in [0.5, 0.6) is 5.75 Å². The van der Waals surface area contributed by atoms with Gasteiger partial charge < -0.3 is 9.47 Å². The van der Waals surface area contributed by atoms with E-state index in [2.05, 4.69) is 11.7 Å². The van der Waals surface area contributed by atoms with Crippen LogP contribution >= 0.6 is 0 Å². The maximum atomic E-state index is 14.8. The van der Waals surface area contributed by atoms with E-state index in [1.54, 1.807) is 0 Å². The summed E-state index contributed by atoms with van der Waals surface area (Å²) in [7, 11) is 0. The number of alkyl halides is 2. The molecule has 0 radical (unpaired) electrons. The zero-order chi connectivity index (χ0) is 27.4. The van der Waals surface area contributed by atoms with E-state index >= 15 is 0 Å². The van der Waals surface area contributed by atoms with Crippen LogP contribution in [0.1, 0.15) is 45.4 Å². The first-order chi connectivity index (χ1) is 18.1. The van der Waals surface area contributed by atoms with Gasteiger partial charge >= 0.3 is 6.11 Å². The largest absolute Gasteiger partial charge is 0.428 e. The lowest BCUT2D eigenvalue weighted by Gasteiger charge is -2.29. The molecule has 2 nitrogen and oxygen atoms in total. The highest BCUT2D eigenvalue weighted by atomic mass is 19.3. The third-order valence-electron chi connectivity index (χ3n) is 6.80. The van der Waals surface area contributed by atoms with Crippen molar-refractivity contribution in [2.45, 2.75) is 57.7 Å². The predicted molar refractivity (Wildman–Crippen MR) is 129 cm³/mol. The van der Waals surface area contributed by atoms with Crippen molar-refractivity contribution in [3.8, 4) is 28.0 Å². The molecule has 0 aliphatic heterocycles. The Morgan fingerprint density at radius 3 is 1.95 bits per heavy atom. The molecule has 9 heteroatoms. The fourth-order valence-electron chi connectivity index (χ4n) is 4.80. The van der Waals surface area contributed by atoms with Crippen LogP contribution < -0.4 is 4.74 Å². The number of halogens is 7. The quantitative estimate of drug-likeness (QED) is 0.199. The molecule has 1 saturated carbocycles. The molecule has 1 aliphatic rings. The van der Waals surface area contributed by atoms with Crippen LogP contribution in [0.25, 0.3) is 22.3 Å². The van der Waals surface area contributed by atoms with Gasteiger partial charge in [-0.15, -0.1) is 0 Å². The first-order valence-corrected chi connectivity index (χ1v) is 12.5. The maximum absolute atomic E-state index is 14.8. The highest BCUT2D eigenvalue weighted by Gasteiger charge is 2.36. The lowest BCUT2D eigenvalue weighted by atomic mass is 9.85. The Morgan fingerprint density at radius 1 is 0.737 bits per heavy atom. The molecule has 0 N–H and O–H groups in total. The van der Waals surface area contributed by atoms with Crippen LogP contribution in [0.3, 0.4) is 0 Å². The van der Waals surface area contributed by atoms with Gasteiger partial charge in [0.15, 0.2) is 35.6 Å². The van der Waals surface area contributed by atoms with Crippen molar-refractivity contribution < 1.29 is 40.2 Å². The SMILES string of the molecule is CCCC1CCC(OCC(F)(F)Oc2ccc(-c3ccc(-c4cc(F)c(F)c(F)c4)cc3)c(F)c2F)CC1. The molecular weight excluding hydrogens is 513 g/mol. The fraction of sp³-hybridized carbons (Fsp3) is 0.379. The molecule has 0 amide bonds. The minimum Gasteiger partial charge on any atom is -0.428 e. The zero-order valence-electron chi connectivity index (χ0n) is 20.7. The van der Waals surface area contributed by atoms with Gasteiger partial charge in [-0.1, -0.05) is 44.0 Å². The lowest BCUT2D eigenvalue weighted by Crippen LogP contribution is -2.34. The van der Waals surface area contributed by atoms with Crippen LogP contribution in [0.2, 0.25) is 0 Å². The maximum Gasteiger partial charge on any atom is 0.422 e. The molecule has 0 atom stereocenters. The number of hydrogen-bond acceptors (Lipinski definition) is 2. The Balaban J connectivity index is 1.42. The Kier molecular flexibility index (Phi) is 8.65. The molecule has 4 rings (SSSR count). The summed E-state index contributed by atoms with van der Waals surface area (Å²) in [6, 6.07) is 9.06. The second-order valence-electron chi connectivity index (χ2n) is 9.55. The first kappa shape index (κ1) is 28.0. The minimum atomic E-state index is -3.86. The number of ether oxygens (including phenoxy) is 2. The van der Waals surface area contributed by atoms with E-state index in [1.165, 1.54) is 24.3 Å². The second-order valence-corrected chi connectivity index (χ2v) is 9.55. The normalized spacial score (nSPS) is 18.0. The molecule has 0 bridgehead atoms. The first-order valence-electron chi connectivity index (χ1n) is 12.5. The van der Waals surface area contributed by atoms with Crippen LogP contribution in [0.4, 0.5) is 30.7 Å². The summed E-state index contributed by atoms with van der Waals surface area (Å²) in [6.07, 6.45) is 1.14. The van der Waals surface area contributed by atoms with E-state index in [4.69, 9.17) is 4.74 Å². The van der Waals surface area contributed by atoms with Crippen LogP contribution in [-0.2, 0) is 4.74 Å². The molecule has 3 aromatic carbocycles. The van der Waals surface area contributed by atoms with Crippen molar-refractivity contribution >= 4 is 0 Å². The summed E-state index contributed by atoms with van der Waals surface area (Å²) in [5.74, 6) is -7.70. The summed E-state index contributed by atoms with van der Waals surface area (Å²) in [5, 5.41) is 0. The van der Waals surface area contributed by atoms with E-state index < -0.39 is 47.6 Å². The van der Waals surface area contributed by atoms with Crippen molar-refractivity contribution in [3.05, 3.63) is 77.6 Å². The van der Waals surface area contributed by atoms with Gasteiger partial charge in [-0.05, 0) is 72.6 Å². The van der Waals surface area contributed by atoms with Crippen molar-refractivity contribution in [1.29, 1.82) is 0 Å². The average Bonchev–Trinajstić information content (AvgIpc) is 2.90. The predicted octanol–water partition coefficient (Wildman–Crippen LogP) is 9.06. The van der Waals surface area contributed by atoms with Crippen molar-refractivity contribution in [2.24, 2.45) is 5.92 Å². The summed E-state index contributed by atoms with van der Waals surface area (Å²) < 4.78 is 108. The standard InChI is InChI=1S/C29H27F7O2/c1-2-3-17-4-10-21(11-5-17)37-16-29(35,36)38-25-13-12-22(26(32)28(25)34)19-8-6-18(7-9-19)20-14-23(30)27(33)24(31)15-20/h6-9,12-15,17,21H,2-5,10-11,16H2,1H3. The van der Waals surface area contributed by atoms with Crippen molar-refractivity contribution in [3.63, 3.8) is 0 Å². The Morgan fingerprint density at radius 2 is 1.34 bits per heavy atom. The third-order valence-corrected chi connectivity index (χ3v) is 6.80. The van der Waals surface area contributed by atoms with Gasteiger partial charge in [-0.2, -0.15) is 13.2 Å². The highest BCUT2D eigenvalue weighted by Crippen LogP contribution is 2.35. The number of benzene rings is 3. The summed E-state index contributed by atoms with van der Waals surface area (Å²) in [4.78, 5) is 0. The summed E-state index contributed by atoms with van der Waals surface area (Å²) >= 11 is 0. The zero-order valence-corrected chi connectivity index (χ0v) is 20.7. The van der Waals surface area contributed by atoms with Gasteiger partial charge in [0.25, 0.3) is 0 Å². The molecule has 1 fully saturated rings. The highest BCUT2D eigenvalue weighted by molar-refractivity contribution is 5.71. The molecule has 1 aliphatic carbocycles. The van der Waals surface area contributed by atoms with E-state index in [0.717, 1.165) is 49.9 Å². The van der Waals surface area contributed by atoms with E-state index in [9.17, 15) is 30.7 Å². The molecule has 0 spiro atoms. The van der Waals surface area contributed by atoms with Gasteiger partial charge in [0, 0.05) is 5.56 Å². The second kappa shape index (κ2) is 11.8. The number of rotatable bonds is 9. The van der Waals surface area contributed by atoms with Gasteiger partial charge in [0.1, 0.15) is 0 Å². The van der Waals surface area contributed by atoms with E-state index in [0.29, 0.717) is 24.3 Å². The topological polar surface area (TPSA) is 18.5 Å². The smallest absolute Gasteiger partial charge is 0.422 e. The summed E-state index contributed by atoms with van der Waals surface area (Å²) in [5.41, 5.74) is 0.280. The molecule has 0 heterocycles. The Hall–Kier alpha value is -3.07. The van der Waals surface area contributed by atoms with Gasteiger partial charge in [0.05, 0.1) is 6.10 Å². The van der Waals surface area contributed by atoms with Gasteiger partial charge in [-0.25, -0.2) is 17.6 Å². The van der Waals surface area contributed by atoms with Crippen molar-refractivity contribution in [2.75, 3.05) is 6.61 Å². The average molecular weight is 541 g/mol. The number of hydrogen-bond donors (Lipinski definition) is 0. The molecule has 0 unspecified atom stereocenters. The summed E-state index contributed by atoms with van der Waals surface area (Å²) in [6.45, 7) is 1.03. The third kappa shape index (κ3) is 6.49. The van der Waals surface area contributed by atoms with Crippen LogP contribution in [0.15, 0.2) is 48.5 Å². The van der Waals surface area contributed by atoms with Crippen LogP contribution in [-0.4, -0.2) is 18.8 Å². The molecule has 0 aromatic heterocycles. The van der Waals surface area contributed by atoms with Gasteiger partial charge in [-0.3, -0.25) is 0 Å². The van der Waals surface area contributed by atoms with Crippen LogP contribution in [0, 0.1) is 35.0 Å². The fourth-order valence-corrected chi connectivity index (χ4v) is 4.80. The molecular formula is C29H27F7O2.